The van der Waals surface area contributed by atoms with Crippen molar-refractivity contribution in [1.29, 1.82) is 0 Å². The first kappa shape index (κ1) is 12.8. The summed E-state index contributed by atoms with van der Waals surface area (Å²) in [7, 11) is 2.08. The summed E-state index contributed by atoms with van der Waals surface area (Å²) >= 11 is 0. The summed E-state index contributed by atoms with van der Waals surface area (Å²) in [5.74, 6) is 5.13. The monoisotopic (exact) mass is 249 g/mol. The van der Waals surface area contributed by atoms with Crippen molar-refractivity contribution in [2.75, 3.05) is 25.6 Å². The Labute approximate surface area is 107 Å². The van der Waals surface area contributed by atoms with Crippen LogP contribution in [0.5, 0.6) is 0 Å². The normalized spacial score (nSPS) is 19.8. The number of nitrogens with zero attached hydrogens (tertiary/aromatic N) is 2. The summed E-state index contributed by atoms with van der Waals surface area (Å²) < 4.78 is 0. The largest absolute Gasteiger partial charge is 0.349 e. The number of carbonyl (C=O) groups excluding carboxylic acids is 1. The molecule has 0 spiro atoms. The Bertz CT molecular complexity index is 423. The van der Waals surface area contributed by atoms with Crippen LogP contribution in [0, 0.1) is 0 Å². The number of hydrogen-bond donors (Lipinski definition) is 3. The van der Waals surface area contributed by atoms with Crippen LogP contribution in [0.2, 0.25) is 0 Å². The van der Waals surface area contributed by atoms with Crippen molar-refractivity contribution in [2.45, 2.75) is 18.9 Å². The number of aromatic nitrogens is 1. The fourth-order valence-corrected chi connectivity index (χ4v) is 2.18. The van der Waals surface area contributed by atoms with Crippen LogP contribution in [0.1, 0.15) is 23.3 Å². The number of nitrogens with two attached hydrogens (primary N) is 1. The van der Waals surface area contributed by atoms with Crippen molar-refractivity contribution >= 4 is 11.6 Å². The van der Waals surface area contributed by atoms with Crippen molar-refractivity contribution in [3.8, 4) is 0 Å². The average molecular weight is 249 g/mol. The molecular weight excluding hydrogens is 230 g/mol. The molecule has 1 saturated heterocycles. The summed E-state index contributed by atoms with van der Waals surface area (Å²) in [5, 5.41) is 2.91. The molecule has 6 nitrogen and oxygen atoms in total. The molecule has 98 valence electrons. The molecule has 0 bridgehead atoms. The van der Waals surface area contributed by atoms with Gasteiger partial charge in [-0.3, -0.25) is 15.6 Å². The smallest absolute Gasteiger partial charge is 0.270 e. The van der Waals surface area contributed by atoms with E-state index < -0.39 is 0 Å². The Hall–Kier alpha value is -1.66. The number of carbonyl (C=O) groups is 1. The minimum atomic E-state index is -0.160. The number of likely N-dealkylation sites (N-methyl/N-ethyl adjacent to an activating group) is 1. The molecule has 0 aliphatic carbocycles. The van der Waals surface area contributed by atoms with Crippen LogP contribution in [0.3, 0.4) is 0 Å². The topological polar surface area (TPSA) is 83.3 Å². The van der Waals surface area contributed by atoms with Gasteiger partial charge in [0, 0.05) is 18.8 Å². The predicted molar refractivity (Wildman–Crippen MR) is 70.0 cm³/mol. The van der Waals surface area contributed by atoms with E-state index in [2.05, 4.69) is 27.7 Å². The first-order chi connectivity index (χ1) is 8.70. The second kappa shape index (κ2) is 5.79. The highest BCUT2D eigenvalue weighted by Gasteiger charge is 2.21. The van der Waals surface area contributed by atoms with E-state index in [1.54, 1.807) is 18.3 Å². The molecule has 1 aliphatic heterocycles. The lowest BCUT2D eigenvalue weighted by atomic mass is 10.2. The van der Waals surface area contributed by atoms with Gasteiger partial charge < -0.3 is 15.6 Å². The van der Waals surface area contributed by atoms with Crippen LogP contribution < -0.4 is 16.6 Å². The van der Waals surface area contributed by atoms with Gasteiger partial charge in [-0.2, -0.15) is 0 Å². The Balaban J connectivity index is 1.90. The van der Waals surface area contributed by atoms with Gasteiger partial charge in [0.1, 0.15) is 5.69 Å². The lowest BCUT2D eigenvalue weighted by Crippen LogP contribution is -2.38. The van der Waals surface area contributed by atoms with Crippen molar-refractivity contribution < 1.29 is 4.79 Å². The Morgan fingerprint density at radius 1 is 1.67 bits per heavy atom. The first-order valence-corrected chi connectivity index (χ1v) is 6.12. The van der Waals surface area contributed by atoms with Gasteiger partial charge in [0.2, 0.25) is 0 Å². The van der Waals surface area contributed by atoms with E-state index in [0.29, 0.717) is 24.0 Å². The minimum absolute atomic E-state index is 0.160. The molecule has 2 rings (SSSR count). The number of nitrogens with one attached hydrogen (secondary N) is 2. The molecule has 1 aliphatic rings. The molecule has 1 aromatic rings. The third-order valence-electron chi connectivity index (χ3n) is 3.33. The molecule has 1 aromatic heterocycles. The first-order valence-electron chi connectivity index (χ1n) is 6.12. The van der Waals surface area contributed by atoms with Crippen LogP contribution in [-0.4, -0.2) is 42.0 Å². The number of nitrogen functional groups attached to an aromatic ring is 1. The zero-order chi connectivity index (χ0) is 13.0. The maximum absolute atomic E-state index is 11.9. The molecule has 18 heavy (non-hydrogen) atoms. The van der Waals surface area contributed by atoms with E-state index in [9.17, 15) is 4.79 Å². The van der Waals surface area contributed by atoms with Crippen molar-refractivity contribution in [1.82, 2.24) is 15.2 Å². The molecule has 1 atom stereocenters. The lowest BCUT2D eigenvalue weighted by Gasteiger charge is -2.19. The van der Waals surface area contributed by atoms with E-state index in [-0.39, 0.29) is 5.91 Å². The number of anilines is 1. The number of rotatable bonds is 4. The summed E-state index contributed by atoms with van der Waals surface area (Å²) in [6.45, 7) is 1.77. The number of likely N-dealkylation sites (tertiary alicyclic amines) is 1. The van der Waals surface area contributed by atoms with E-state index in [0.717, 1.165) is 13.0 Å². The zero-order valence-electron chi connectivity index (χ0n) is 10.5. The van der Waals surface area contributed by atoms with Crippen molar-refractivity contribution in [3.05, 3.63) is 24.0 Å². The van der Waals surface area contributed by atoms with Crippen LogP contribution in [0.25, 0.3) is 0 Å². The summed E-state index contributed by atoms with van der Waals surface area (Å²) in [6, 6.07) is 3.78. The predicted octanol–water partition coefficient (Wildman–Crippen LogP) is 0.191. The molecule has 1 fully saturated rings. The molecule has 6 heteroatoms. The standard InChI is InChI=1S/C12H19N5O/c1-17-6-2-3-10(17)8-15-12(18)11-7-9(16-13)4-5-14-11/h4-5,7,10H,2-3,6,8,13H2,1H3,(H,14,16)(H,15,18). The van der Waals surface area contributed by atoms with E-state index in [4.69, 9.17) is 5.84 Å². The number of amides is 1. The Morgan fingerprint density at radius 2 is 2.50 bits per heavy atom. The highest BCUT2D eigenvalue weighted by atomic mass is 16.1. The van der Waals surface area contributed by atoms with Gasteiger partial charge in [0.05, 0.1) is 5.69 Å². The maximum atomic E-state index is 11.9. The summed E-state index contributed by atoms with van der Waals surface area (Å²) in [6.07, 6.45) is 3.89. The Kier molecular flexibility index (Phi) is 4.11. The molecule has 0 radical (unpaired) electrons. The number of hydrogen-bond acceptors (Lipinski definition) is 5. The molecular formula is C12H19N5O. The SMILES string of the molecule is CN1CCCC1CNC(=O)c1cc(NN)ccn1. The van der Waals surface area contributed by atoms with Crippen LogP contribution in [0.4, 0.5) is 5.69 Å². The van der Waals surface area contributed by atoms with E-state index in [1.165, 1.54) is 6.42 Å². The Morgan fingerprint density at radius 3 is 3.17 bits per heavy atom. The third-order valence-corrected chi connectivity index (χ3v) is 3.33. The minimum Gasteiger partial charge on any atom is -0.349 e. The lowest BCUT2D eigenvalue weighted by molar-refractivity contribution is 0.0938. The molecule has 4 N–H and O–H groups in total. The van der Waals surface area contributed by atoms with Gasteiger partial charge >= 0.3 is 0 Å². The van der Waals surface area contributed by atoms with Gasteiger partial charge in [-0.25, -0.2) is 0 Å². The van der Waals surface area contributed by atoms with Crippen LogP contribution in [-0.2, 0) is 0 Å². The highest BCUT2D eigenvalue weighted by molar-refractivity contribution is 5.93. The molecule has 2 heterocycles. The number of hydrazine groups is 1. The van der Waals surface area contributed by atoms with Gasteiger partial charge in [0.15, 0.2) is 0 Å². The quantitative estimate of drug-likeness (QED) is 0.524. The van der Waals surface area contributed by atoms with Gasteiger partial charge in [-0.1, -0.05) is 0 Å². The highest BCUT2D eigenvalue weighted by Crippen LogP contribution is 2.13. The zero-order valence-corrected chi connectivity index (χ0v) is 10.5. The average Bonchev–Trinajstić information content (AvgIpc) is 2.81. The van der Waals surface area contributed by atoms with E-state index >= 15 is 0 Å². The van der Waals surface area contributed by atoms with Gasteiger partial charge in [-0.15, -0.1) is 0 Å². The van der Waals surface area contributed by atoms with Crippen LogP contribution in [0.15, 0.2) is 18.3 Å². The fraction of sp³-hybridized carbons (Fsp3) is 0.500. The maximum Gasteiger partial charge on any atom is 0.270 e. The molecule has 0 saturated carbocycles. The third kappa shape index (κ3) is 2.96. The van der Waals surface area contributed by atoms with Crippen molar-refractivity contribution in [3.63, 3.8) is 0 Å². The van der Waals surface area contributed by atoms with Crippen LogP contribution >= 0.6 is 0 Å². The molecule has 1 amide bonds. The van der Waals surface area contributed by atoms with Crippen molar-refractivity contribution in [2.24, 2.45) is 5.84 Å². The van der Waals surface area contributed by atoms with Gasteiger partial charge in [0.25, 0.3) is 5.91 Å². The second-order valence-electron chi connectivity index (χ2n) is 4.56. The molecule has 1 unspecified atom stereocenters. The number of pyridine rings is 1. The summed E-state index contributed by atoms with van der Waals surface area (Å²) in [4.78, 5) is 18.2. The summed E-state index contributed by atoms with van der Waals surface area (Å²) in [5.41, 5.74) is 3.55. The second-order valence-corrected chi connectivity index (χ2v) is 4.56. The molecule has 0 aromatic carbocycles. The van der Waals surface area contributed by atoms with E-state index in [1.807, 2.05) is 0 Å². The fourth-order valence-electron chi connectivity index (χ4n) is 2.18. The van der Waals surface area contributed by atoms with Gasteiger partial charge in [-0.05, 0) is 38.6 Å².